The minimum absolute atomic E-state index is 0.0520. The Morgan fingerprint density at radius 3 is 2.32 bits per heavy atom. The molecule has 0 saturated carbocycles. The van der Waals surface area contributed by atoms with Gasteiger partial charge in [-0.3, -0.25) is 4.79 Å². The summed E-state index contributed by atoms with van der Waals surface area (Å²) in [5.41, 5.74) is 1.52. The van der Waals surface area contributed by atoms with Gasteiger partial charge in [0.2, 0.25) is 5.91 Å². The number of aliphatic hydroxyl groups excluding tert-OH is 1. The second kappa shape index (κ2) is 6.71. The summed E-state index contributed by atoms with van der Waals surface area (Å²) in [6.07, 6.45) is 1.51. The van der Waals surface area contributed by atoms with E-state index in [0.717, 1.165) is 17.7 Å². The molecule has 0 fully saturated rings. The van der Waals surface area contributed by atoms with Crippen LogP contribution in [0.2, 0.25) is 0 Å². The quantitative estimate of drug-likeness (QED) is 0.828. The Morgan fingerprint density at radius 2 is 1.84 bits per heavy atom. The maximum atomic E-state index is 12.2. The molecule has 2 N–H and O–H groups in total. The molecule has 3 heteroatoms. The number of benzene rings is 1. The summed E-state index contributed by atoms with van der Waals surface area (Å²) >= 11 is 0. The Labute approximate surface area is 116 Å². The number of hydrogen-bond donors (Lipinski definition) is 2. The van der Waals surface area contributed by atoms with Crippen molar-refractivity contribution in [3.63, 3.8) is 0 Å². The van der Waals surface area contributed by atoms with E-state index in [0.29, 0.717) is 12.3 Å². The normalized spacial score (nSPS) is 11.7. The zero-order chi connectivity index (χ0) is 14.5. The fraction of sp³-hybridized carbons (Fsp3) is 0.562. The van der Waals surface area contributed by atoms with Gasteiger partial charge in [-0.2, -0.15) is 0 Å². The Balaban J connectivity index is 2.66. The number of rotatable bonds is 6. The van der Waals surface area contributed by atoms with Crippen molar-refractivity contribution in [1.29, 1.82) is 0 Å². The predicted octanol–water partition coefficient (Wildman–Crippen LogP) is 3.23. The first-order valence-electron chi connectivity index (χ1n) is 6.86. The van der Waals surface area contributed by atoms with Crippen LogP contribution in [0.1, 0.15) is 39.7 Å². The van der Waals surface area contributed by atoms with Crippen LogP contribution in [0, 0.1) is 11.3 Å². The second-order valence-corrected chi connectivity index (χ2v) is 6.11. The molecule has 19 heavy (non-hydrogen) atoms. The minimum atomic E-state index is -0.363. The summed E-state index contributed by atoms with van der Waals surface area (Å²) in [4.78, 5) is 12.2. The molecule has 0 heterocycles. The van der Waals surface area contributed by atoms with Crippen LogP contribution in [0.4, 0.5) is 5.69 Å². The lowest BCUT2D eigenvalue weighted by Gasteiger charge is -2.25. The van der Waals surface area contributed by atoms with Gasteiger partial charge in [-0.15, -0.1) is 0 Å². The number of aliphatic hydroxyl groups is 1. The molecule has 0 bridgehead atoms. The molecule has 1 aromatic rings. The van der Waals surface area contributed by atoms with Crippen LogP contribution in [0.15, 0.2) is 24.3 Å². The lowest BCUT2D eigenvalue weighted by Crippen LogP contribution is -2.32. The van der Waals surface area contributed by atoms with Crippen LogP contribution in [0.5, 0.6) is 0 Å². The Morgan fingerprint density at radius 1 is 1.26 bits per heavy atom. The van der Waals surface area contributed by atoms with E-state index in [1.54, 1.807) is 0 Å². The molecule has 0 radical (unpaired) electrons. The first-order chi connectivity index (χ1) is 8.85. The van der Waals surface area contributed by atoms with Gasteiger partial charge in [0, 0.05) is 17.7 Å². The summed E-state index contributed by atoms with van der Waals surface area (Å²) in [5, 5.41) is 11.8. The van der Waals surface area contributed by atoms with Crippen molar-refractivity contribution < 1.29 is 9.90 Å². The van der Waals surface area contributed by atoms with Crippen molar-refractivity contribution >= 4 is 11.6 Å². The van der Waals surface area contributed by atoms with Crippen LogP contribution in [-0.4, -0.2) is 17.6 Å². The van der Waals surface area contributed by atoms with E-state index in [1.165, 1.54) is 0 Å². The molecule has 1 amide bonds. The molecule has 0 aliphatic rings. The van der Waals surface area contributed by atoms with Gasteiger partial charge < -0.3 is 10.4 Å². The smallest absolute Gasteiger partial charge is 0.230 e. The summed E-state index contributed by atoms with van der Waals surface area (Å²) in [6.45, 7) is 8.34. The molecule has 106 valence electrons. The molecule has 1 rings (SSSR count). The monoisotopic (exact) mass is 263 g/mol. The Kier molecular flexibility index (Phi) is 5.55. The second-order valence-electron chi connectivity index (χ2n) is 6.11. The van der Waals surface area contributed by atoms with Gasteiger partial charge in [-0.05, 0) is 36.5 Å². The Hall–Kier alpha value is -1.35. The van der Waals surface area contributed by atoms with Gasteiger partial charge >= 0.3 is 0 Å². The average Bonchev–Trinajstić information content (AvgIpc) is 2.30. The van der Waals surface area contributed by atoms with Crippen molar-refractivity contribution in [2.75, 3.05) is 11.9 Å². The summed E-state index contributed by atoms with van der Waals surface area (Å²) in [5.74, 6) is 0.545. The van der Waals surface area contributed by atoms with Crippen LogP contribution in [0.3, 0.4) is 0 Å². The Bertz CT molecular complexity index is 407. The standard InChI is InChI=1S/C16H25NO2/c1-12(2)11-16(3,4)15(19)17-14-7-5-13(6-8-14)9-10-18/h5-8,12,18H,9-11H2,1-4H3,(H,17,19). The fourth-order valence-electron chi connectivity index (χ4n) is 2.30. The third kappa shape index (κ3) is 5.03. The number of hydrogen-bond acceptors (Lipinski definition) is 2. The first-order valence-corrected chi connectivity index (χ1v) is 6.86. The third-order valence-corrected chi connectivity index (χ3v) is 3.15. The third-order valence-electron chi connectivity index (χ3n) is 3.15. The SMILES string of the molecule is CC(C)CC(C)(C)C(=O)Nc1ccc(CCO)cc1. The van der Waals surface area contributed by atoms with Crippen LogP contribution >= 0.6 is 0 Å². The highest BCUT2D eigenvalue weighted by Gasteiger charge is 2.28. The molecular formula is C16H25NO2. The predicted molar refractivity (Wildman–Crippen MR) is 79.1 cm³/mol. The summed E-state index contributed by atoms with van der Waals surface area (Å²) in [6, 6.07) is 7.63. The zero-order valence-corrected chi connectivity index (χ0v) is 12.4. The minimum Gasteiger partial charge on any atom is -0.396 e. The topological polar surface area (TPSA) is 49.3 Å². The van der Waals surface area contributed by atoms with Crippen LogP contribution in [0.25, 0.3) is 0 Å². The highest BCUT2D eigenvalue weighted by atomic mass is 16.2. The summed E-state index contributed by atoms with van der Waals surface area (Å²) < 4.78 is 0. The maximum Gasteiger partial charge on any atom is 0.230 e. The van der Waals surface area contributed by atoms with Crippen molar-refractivity contribution in [3.8, 4) is 0 Å². The van der Waals surface area contributed by atoms with Crippen molar-refractivity contribution in [2.24, 2.45) is 11.3 Å². The van der Waals surface area contributed by atoms with E-state index >= 15 is 0 Å². The molecular weight excluding hydrogens is 238 g/mol. The van der Waals surface area contributed by atoms with Crippen LogP contribution < -0.4 is 5.32 Å². The van der Waals surface area contributed by atoms with E-state index in [-0.39, 0.29) is 17.9 Å². The molecule has 0 atom stereocenters. The lowest BCUT2D eigenvalue weighted by atomic mass is 9.83. The molecule has 1 aromatic carbocycles. The highest BCUT2D eigenvalue weighted by Crippen LogP contribution is 2.27. The summed E-state index contributed by atoms with van der Waals surface area (Å²) in [7, 11) is 0. The lowest BCUT2D eigenvalue weighted by molar-refractivity contribution is -0.124. The fourth-order valence-corrected chi connectivity index (χ4v) is 2.30. The van der Waals surface area contributed by atoms with E-state index in [1.807, 2.05) is 38.1 Å². The molecule has 0 aliphatic carbocycles. The molecule has 0 unspecified atom stereocenters. The van der Waals surface area contributed by atoms with Gasteiger partial charge in [-0.25, -0.2) is 0 Å². The van der Waals surface area contributed by atoms with Gasteiger partial charge in [0.15, 0.2) is 0 Å². The number of anilines is 1. The van der Waals surface area contributed by atoms with E-state index in [4.69, 9.17) is 5.11 Å². The molecule has 0 spiro atoms. The molecule has 0 saturated heterocycles. The van der Waals surface area contributed by atoms with E-state index < -0.39 is 0 Å². The number of nitrogens with one attached hydrogen (secondary N) is 1. The van der Waals surface area contributed by atoms with Gasteiger partial charge in [0.25, 0.3) is 0 Å². The molecule has 0 aromatic heterocycles. The maximum absolute atomic E-state index is 12.2. The van der Waals surface area contributed by atoms with Crippen LogP contribution in [-0.2, 0) is 11.2 Å². The molecule has 3 nitrogen and oxygen atoms in total. The zero-order valence-electron chi connectivity index (χ0n) is 12.4. The van der Waals surface area contributed by atoms with Gasteiger partial charge in [0.05, 0.1) is 0 Å². The largest absolute Gasteiger partial charge is 0.396 e. The highest BCUT2D eigenvalue weighted by molar-refractivity contribution is 5.94. The van der Waals surface area contributed by atoms with Crippen molar-refractivity contribution in [1.82, 2.24) is 0 Å². The van der Waals surface area contributed by atoms with Gasteiger partial charge in [-0.1, -0.05) is 39.8 Å². The van der Waals surface area contributed by atoms with Crippen molar-refractivity contribution in [3.05, 3.63) is 29.8 Å². The van der Waals surface area contributed by atoms with E-state index in [9.17, 15) is 4.79 Å². The van der Waals surface area contributed by atoms with E-state index in [2.05, 4.69) is 19.2 Å². The number of amides is 1. The number of carbonyl (C=O) groups is 1. The van der Waals surface area contributed by atoms with Gasteiger partial charge in [0.1, 0.15) is 0 Å². The first kappa shape index (κ1) is 15.7. The molecule has 0 aliphatic heterocycles. The van der Waals surface area contributed by atoms with Crippen molar-refractivity contribution in [2.45, 2.75) is 40.5 Å². The number of carbonyl (C=O) groups excluding carboxylic acids is 1. The average molecular weight is 263 g/mol.